The Morgan fingerprint density at radius 2 is 2.06 bits per heavy atom. The molecule has 88 valence electrons. The van der Waals surface area contributed by atoms with Crippen molar-refractivity contribution in [2.24, 2.45) is 0 Å². The lowest BCUT2D eigenvalue weighted by atomic mass is 9.99. The van der Waals surface area contributed by atoms with E-state index in [4.69, 9.17) is 10.2 Å². The lowest BCUT2D eigenvalue weighted by Gasteiger charge is -2.14. The minimum atomic E-state index is -0.858. The third kappa shape index (κ3) is 3.73. The third-order valence-electron chi connectivity index (χ3n) is 2.34. The number of hydrogen-bond donors (Lipinski definition) is 2. The molecule has 0 radical (unpaired) electrons. The zero-order valence-corrected chi connectivity index (χ0v) is 9.84. The Hall–Kier alpha value is -1.23. The number of carboxylic acid groups (broad SMARTS) is 2. The van der Waals surface area contributed by atoms with E-state index in [-0.39, 0.29) is 6.42 Å². The summed E-state index contributed by atoms with van der Waals surface area (Å²) in [6.45, 7) is 1.78. The molecule has 16 heavy (non-hydrogen) atoms. The average molecular weight is 242 g/mol. The van der Waals surface area contributed by atoms with Crippen molar-refractivity contribution in [3.8, 4) is 0 Å². The van der Waals surface area contributed by atoms with Crippen LogP contribution in [-0.2, 0) is 9.59 Å². The first kappa shape index (κ1) is 12.8. The van der Waals surface area contributed by atoms with Crippen molar-refractivity contribution in [1.29, 1.82) is 0 Å². The molecular weight excluding hydrogens is 228 g/mol. The molecule has 0 saturated carbocycles. The summed E-state index contributed by atoms with van der Waals surface area (Å²) < 4.78 is 0. The van der Waals surface area contributed by atoms with E-state index in [0.29, 0.717) is 24.2 Å². The summed E-state index contributed by atoms with van der Waals surface area (Å²) in [7, 11) is 0. The van der Waals surface area contributed by atoms with E-state index in [1.165, 1.54) is 11.8 Å². The zero-order valence-electron chi connectivity index (χ0n) is 9.02. The first-order valence-corrected chi connectivity index (χ1v) is 5.97. The van der Waals surface area contributed by atoms with Crippen molar-refractivity contribution in [3.05, 3.63) is 22.1 Å². The highest BCUT2D eigenvalue weighted by atomic mass is 32.2. The Labute approximate surface area is 98.0 Å². The molecule has 0 aliphatic heterocycles. The van der Waals surface area contributed by atoms with Crippen LogP contribution in [0.5, 0.6) is 0 Å². The van der Waals surface area contributed by atoms with E-state index in [1.807, 2.05) is 6.08 Å². The Morgan fingerprint density at radius 1 is 1.38 bits per heavy atom. The van der Waals surface area contributed by atoms with Crippen LogP contribution >= 0.6 is 11.8 Å². The smallest absolute Gasteiger partial charge is 0.331 e. The maximum atomic E-state index is 10.8. The first-order chi connectivity index (χ1) is 7.50. The lowest BCUT2D eigenvalue weighted by molar-refractivity contribution is -0.136. The fraction of sp³-hybridized carbons (Fsp3) is 0.455. The van der Waals surface area contributed by atoms with Crippen molar-refractivity contribution in [2.75, 3.05) is 5.75 Å². The standard InChI is InChI=1S/C11H14O4S/c1-7-6-8(16-5-4-10(12)13)2-3-9(7)11(14)15/h6H,2-5H2,1H3,(H,12,13)(H,14,15). The second-order valence-corrected chi connectivity index (χ2v) is 4.79. The molecule has 0 unspecified atom stereocenters. The van der Waals surface area contributed by atoms with Crippen LogP contribution in [0.3, 0.4) is 0 Å². The van der Waals surface area contributed by atoms with Gasteiger partial charge in [-0.25, -0.2) is 4.79 Å². The van der Waals surface area contributed by atoms with Gasteiger partial charge in [-0.05, 0) is 36.3 Å². The molecule has 0 atom stereocenters. The molecule has 0 aromatic heterocycles. The highest BCUT2D eigenvalue weighted by Gasteiger charge is 2.16. The van der Waals surface area contributed by atoms with Gasteiger partial charge in [0, 0.05) is 11.3 Å². The van der Waals surface area contributed by atoms with Gasteiger partial charge in [-0.1, -0.05) is 0 Å². The maximum Gasteiger partial charge on any atom is 0.331 e. The number of thioether (sulfide) groups is 1. The molecule has 0 saturated heterocycles. The third-order valence-corrected chi connectivity index (χ3v) is 3.44. The number of aliphatic carboxylic acids is 2. The highest BCUT2D eigenvalue weighted by Crippen LogP contribution is 2.31. The number of hydrogen-bond acceptors (Lipinski definition) is 3. The minimum Gasteiger partial charge on any atom is -0.481 e. The number of carbonyl (C=O) groups is 2. The van der Waals surface area contributed by atoms with Gasteiger partial charge in [0.2, 0.25) is 0 Å². The van der Waals surface area contributed by atoms with Gasteiger partial charge in [-0.15, -0.1) is 11.8 Å². The van der Waals surface area contributed by atoms with Crippen molar-refractivity contribution >= 4 is 23.7 Å². The topological polar surface area (TPSA) is 74.6 Å². The summed E-state index contributed by atoms with van der Waals surface area (Å²) >= 11 is 1.50. The largest absolute Gasteiger partial charge is 0.481 e. The monoisotopic (exact) mass is 242 g/mol. The summed E-state index contributed by atoms with van der Waals surface area (Å²) in [5, 5.41) is 17.4. The van der Waals surface area contributed by atoms with E-state index in [2.05, 4.69) is 0 Å². The van der Waals surface area contributed by atoms with E-state index in [0.717, 1.165) is 10.5 Å². The molecule has 2 N–H and O–H groups in total. The number of allylic oxidation sites excluding steroid dienone is 3. The Kier molecular flexibility index (Phi) is 4.61. The van der Waals surface area contributed by atoms with Crippen LogP contribution in [0.25, 0.3) is 0 Å². The van der Waals surface area contributed by atoms with Gasteiger partial charge in [0.25, 0.3) is 0 Å². The number of carboxylic acids is 2. The van der Waals surface area contributed by atoms with Gasteiger partial charge in [0.05, 0.1) is 6.42 Å². The molecule has 0 spiro atoms. The van der Waals surface area contributed by atoms with Crippen molar-refractivity contribution in [1.82, 2.24) is 0 Å². The van der Waals surface area contributed by atoms with E-state index in [1.54, 1.807) is 6.92 Å². The van der Waals surface area contributed by atoms with E-state index >= 15 is 0 Å². The molecule has 0 aromatic rings. The molecule has 1 aliphatic rings. The van der Waals surface area contributed by atoms with Gasteiger partial charge in [0.1, 0.15) is 0 Å². The predicted molar refractivity (Wildman–Crippen MR) is 62.4 cm³/mol. The molecule has 0 aromatic carbocycles. The van der Waals surface area contributed by atoms with Crippen LogP contribution in [0, 0.1) is 0 Å². The molecule has 0 amide bonds. The summed E-state index contributed by atoms with van der Waals surface area (Å²) in [5.41, 5.74) is 1.24. The molecule has 1 rings (SSSR count). The second kappa shape index (κ2) is 5.75. The average Bonchev–Trinajstić information content (AvgIpc) is 2.16. The molecule has 0 heterocycles. The van der Waals surface area contributed by atoms with Gasteiger partial charge >= 0.3 is 11.9 Å². The maximum absolute atomic E-state index is 10.8. The normalized spacial score (nSPS) is 15.9. The second-order valence-electron chi connectivity index (χ2n) is 3.57. The van der Waals surface area contributed by atoms with Crippen LogP contribution < -0.4 is 0 Å². The molecular formula is C11H14O4S. The summed E-state index contributed by atoms with van der Waals surface area (Å²) in [5.74, 6) is -1.12. The SMILES string of the molecule is CC1=C(C(=O)O)CCC(SCCC(=O)O)=C1. The molecule has 0 bridgehead atoms. The fourth-order valence-electron chi connectivity index (χ4n) is 1.51. The van der Waals surface area contributed by atoms with Crippen LogP contribution in [0.15, 0.2) is 22.1 Å². The Bertz CT molecular complexity index is 368. The van der Waals surface area contributed by atoms with Crippen molar-refractivity contribution < 1.29 is 19.8 Å². The lowest BCUT2D eigenvalue weighted by Crippen LogP contribution is -2.07. The molecule has 5 heteroatoms. The summed E-state index contributed by atoms with van der Waals surface area (Å²) in [6.07, 6.45) is 3.21. The molecule has 1 aliphatic carbocycles. The minimum absolute atomic E-state index is 0.135. The van der Waals surface area contributed by atoms with Crippen molar-refractivity contribution in [3.63, 3.8) is 0 Å². The first-order valence-electron chi connectivity index (χ1n) is 4.99. The van der Waals surface area contributed by atoms with Crippen LogP contribution in [-0.4, -0.2) is 27.9 Å². The van der Waals surface area contributed by atoms with Crippen LogP contribution in [0.2, 0.25) is 0 Å². The van der Waals surface area contributed by atoms with Crippen LogP contribution in [0.1, 0.15) is 26.2 Å². The van der Waals surface area contributed by atoms with Gasteiger partial charge < -0.3 is 10.2 Å². The quantitative estimate of drug-likeness (QED) is 0.773. The summed E-state index contributed by atoms with van der Waals surface area (Å²) in [4.78, 5) is 22.2. The molecule has 4 nitrogen and oxygen atoms in total. The van der Waals surface area contributed by atoms with Crippen molar-refractivity contribution in [2.45, 2.75) is 26.2 Å². The summed E-state index contributed by atoms with van der Waals surface area (Å²) in [6, 6.07) is 0. The Morgan fingerprint density at radius 3 is 2.56 bits per heavy atom. The van der Waals surface area contributed by atoms with Gasteiger partial charge in [0.15, 0.2) is 0 Å². The highest BCUT2D eigenvalue weighted by molar-refractivity contribution is 8.03. The van der Waals surface area contributed by atoms with E-state index in [9.17, 15) is 9.59 Å². The predicted octanol–water partition coefficient (Wildman–Crippen LogP) is 2.27. The number of rotatable bonds is 5. The Balaban J connectivity index is 2.56. The fourth-order valence-corrected chi connectivity index (χ4v) is 2.55. The molecule has 0 fully saturated rings. The van der Waals surface area contributed by atoms with E-state index < -0.39 is 11.9 Å². The van der Waals surface area contributed by atoms with Gasteiger partial charge in [-0.3, -0.25) is 4.79 Å². The zero-order chi connectivity index (χ0) is 12.1. The van der Waals surface area contributed by atoms with Crippen LogP contribution in [0.4, 0.5) is 0 Å². The van der Waals surface area contributed by atoms with Gasteiger partial charge in [-0.2, -0.15) is 0 Å².